The largest absolute Gasteiger partial charge is 0.497 e. The Labute approximate surface area is 147 Å². The van der Waals surface area contributed by atoms with Crippen LogP contribution in [0.1, 0.15) is 57.7 Å². The smallest absolute Gasteiger partial charge is 0.119 e. The fourth-order valence-electron chi connectivity index (χ4n) is 3.01. The minimum Gasteiger partial charge on any atom is -0.497 e. The van der Waals surface area contributed by atoms with Crippen molar-refractivity contribution in [2.24, 2.45) is 5.41 Å². The molecule has 0 aliphatic heterocycles. The summed E-state index contributed by atoms with van der Waals surface area (Å²) in [4.78, 5) is 0. The molecule has 0 spiro atoms. The Hall–Kier alpha value is -1.96. The average molecular weight is 325 g/mol. The molecule has 0 aromatic heterocycles. The molecule has 2 nitrogen and oxygen atoms in total. The van der Waals surface area contributed by atoms with Crippen LogP contribution in [0.3, 0.4) is 0 Å². The number of methoxy groups -OCH3 is 1. The summed E-state index contributed by atoms with van der Waals surface area (Å²) in [5, 5.41) is 3.60. The zero-order valence-corrected chi connectivity index (χ0v) is 15.7. The van der Waals surface area contributed by atoms with Crippen LogP contribution in [-0.2, 0) is 6.42 Å². The fraction of sp³-hybridized carbons (Fsp3) is 0.455. The molecule has 0 saturated heterocycles. The van der Waals surface area contributed by atoms with E-state index in [2.05, 4.69) is 69.4 Å². The molecule has 0 fully saturated rings. The van der Waals surface area contributed by atoms with Crippen LogP contribution >= 0.6 is 0 Å². The van der Waals surface area contributed by atoms with Crippen molar-refractivity contribution in [1.29, 1.82) is 0 Å². The van der Waals surface area contributed by atoms with E-state index >= 15 is 0 Å². The van der Waals surface area contributed by atoms with Crippen LogP contribution in [-0.4, -0.2) is 7.11 Å². The second kappa shape index (κ2) is 8.23. The van der Waals surface area contributed by atoms with Crippen LogP contribution in [0.4, 0.5) is 5.69 Å². The van der Waals surface area contributed by atoms with Crippen molar-refractivity contribution in [2.45, 2.75) is 53.0 Å². The highest BCUT2D eigenvalue weighted by atomic mass is 16.5. The van der Waals surface area contributed by atoms with Gasteiger partial charge in [-0.1, -0.05) is 45.0 Å². The normalized spacial score (nSPS) is 12.7. The lowest BCUT2D eigenvalue weighted by Crippen LogP contribution is -2.10. The van der Waals surface area contributed by atoms with Gasteiger partial charge in [0.1, 0.15) is 5.75 Å². The Kier molecular flexibility index (Phi) is 6.30. The maximum absolute atomic E-state index is 5.22. The van der Waals surface area contributed by atoms with E-state index in [1.807, 2.05) is 12.1 Å². The first-order valence-electron chi connectivity index (χ1n) is 8.87. The zero-order valence-electron chi connectivity index (χ0n) is 15.7. The molecule has 1 unspecified atom stereocenters. The highest BCUT2D eigenvalue weighted by molar-refractivity contribution is 5.48. The number of anilines is 1. The van der Waals surface area contributed by atoms with E-state index in [1.54, 1.807) is 7.11 Å². The van der Waals surface area contributed by atoms with Crippen molar-refractivity contribution in [1.82, 2.24) is 0 Å². The first-order valence-corrected chi connectivity index (χ1v) is 8.87. The topological polar surface area (TPSA) is 21.3 Å². The van der Waals surface area contributed by atoms with Gasteiger partial charge in [0.05, 0.1) is 7.11 Å². The minimum absolute atomic E-state index is 0.282. The molecule has 0 bridgehead atoms. The summed E-state index contributed by atoms with van der Waals surface area (Å²) in [6.45, 7) is 9.17. The summed E-state index contributed by atoms with van der Waals surface area (Å²) >= 11 is 0. The molecule has 2 aromatic rings. The molecule has 2 heteroatoms. The Morgan fingerprint density at radius 1 is 1.00 bits per heavy atom. The van der Waals surface area contributed by atoms with Gasteiger partial charge in [0.25, 0.3) is 0 Å². The van der Waals surface area contributed by atoms with Crippen LogP contribution in [0.2, 0.25) is 0 Å². The summed E-state index contributed by atoms with van der Waals surface area (Å²) in [5.74, 6) is 0.885. The number of benzene rings is 2. The van der Waals surface area contributed by atoms with Crippen molar-refractivity contribution >= 4 is 5.69 Å². The molecular formula is C22H31NO. The third-order valence-electron chi connectivity index (χ3n) is 4.37. The number of hydrogen-bond acceptors (Lipinski definition) is 2. The van der Waals surface area contributed by atoms with Crippen molar-refractivity contribution in [3.63, 3.8) is 0 Å². The molecule has 24 heavy (non-hydrogen) atoms. The Morgan fingerprint density at radius 3 is 2.29 bits per heavy atom. The molecule has 2 rings (SSSR count). The Morgan fingerprint density at radius 2 is 1.67 bits per heavy atom. The second-order valence-electron chi connectivity index (χ2n) is 7.71. The Balaban J connectivity index is 2.04. The van der Waals surface area contributed by atoms with Gasteiger partial charge in [-0.05, 0) is 67.0 Å². The standard InChI is InChI=1S/C22H31NO/c1-17(23-19-12-14-20(24-5)15-13-19)21-11-7-6-9-18(21)10-8-16-22(2,3)4/h6-7,9,11-15,17,23H,8,10,16H2,1-5H3. The molecular weight excluding hydrogens is 294 g/mol. The summed E-state index contributed by atoms with van der Waals surface area (Å²) in [6, 6.07) is 17.2. The Bertz CT molecular complexity index is 625. The SMILES string of the molecule is COc1ccc(NC(C)c2ccccc2CCCC(C)(C)C)cc1. The van der Waals surface area contributed by atoms with Gasteiger partial charge >= 0.3 is 0 Å². The summed E-state index contributed by atoms with van der Waals surface area (Å²) < 4.78 is 5.22. The van der Waals surface area contributed by atoms with Crippen molar-refractivity contribution in [3.8, 4) is 5.75 Å². The van der Waals surface area contributed by atoms with Gasteiger partial charge in [0.15, 0.2) is 0 Å². The van der Waals surface area contributed by atoms with Gasteiger partial charge in [-0.25, -0.2) is 0 Å². The molecule has 1 atom stereocenters. The van der Waals surface area contributed by atoms with Crippen LogP contribution < -0.4 is 10.1 Å². The molecule has 0 saturated carbocycles. The maximum Gasteiger partial charge on any atom is 0.119 e. The van der Waals surface area contributed by atoms with E-state index in [0.29, 0.717) is 5.41 Å². The van der Waals surface area contributed by atoms with Gasteiger partial charge < -0.3 is 10.1 Å². The number of nitrogens with one attached hydrogen (secondary N) is 1. The first-order chi connectivity index (χ1) is 11.4. The fourth-order valence-corrected chi connectivity index (χ4v) is 3.01. The van der Waals surface area contributed by atoms with Crippen LogP contribution in [0.25, 0.3) is 0 Å². The van der Waals surface area contributed by atoms with E-state index in [-0.39, 0.29) is 6.04 Å². The van der Waals surface area contributed by atoms with Crippen LogP contribution in [0.15, 0.2) is 48.5 Å². The van der Waals surface area contributed by atoms with Crippen molar-refractivity contribution < 1.29 is 4.74 Å². The third kappa shape index (κ3) is 5.59. The van der Waals surface area contributed by atoms with E-state index < -0.39 is 0 Å². The molecule has 2 aromatic carbocycles. The highest BCUT2D eigenvalue weighted by Crippen LogP contribution is 2.27. The number of rotatable bonds is 7. The molecule has 0 heterocycles. The summed E-state index contributed by atoms with van der Waals surface area (Å²) in [6.07, 6.45) is 3.62. The monoisotopic (exact) mass is 325 g/mol. The predicted molar refractivity (Wildman–Crippen MR) is 104 cm³/mol. The van der Waals surface area contributed by atoms with E-state index in [1.165, 1.54) is 24.0 Å². The van der Waals surface area contributed by atoms with Gasteiger partial charge in [-0.15, -0.1) is 0 Å². The maximum atomic E-state index is 5.22. The summed E-state index contributed by atoms with van der Waals surface area (Å²) in [5.41, 5.74) is 4.37. The average Bonchev–Trinajstić information content (AvgIpc) is 2.55. The number of aryl methyl sites for hydroxylation is 1. The zero-order chi connectivity index (χ0) is 17.6. The predicted octanol–water partition coefficient (Wildman–Crippen LogP) is 6.24. The van der Waals surface area contributed by atoms with Crippen LogP contribution in [0, 0.1) is 5.41 Å². The molecule has 130 valence electrons. The molecule has 0 aliphatic carbocycles. The third-order valence-corrected chi connectivity index (χ3v) is 4.37. The number of hydrogen-bond donors (Lipinski definition) is 1. The lowest BCUT2D eigenvalue weighted by molar-refractivity contribution is 0.365. The second-order valence-corrected chi connectivity index (χ2v) is 7.71. The molecule has 0 radical (unpaired) electrons. The molecule has 0 amide bonds. The van der Waals surface area contributed by atoms with Crippen molar-refractivity contribution in [3.05, 3.63) is 59.7 Å². The van der Waals surface area contributed by atoms with Gasteiger partial charge in [0.2, 0.25) is 0 Å². The lowest BCUT2D eigenvalue weighted by Gasteiger charge is -2.21. The molecule has 1 N–H and O–H groups in total. The van der Waals surface area contributed by atoms with Gasteiger partial charge in [0, 0.05) is 11.7 Å². The van der Waals surface area contributed by atoms with Gasteiger partial charge in [-0.3, -0.25) is 0 Å². The quantitative estimate of drug-likeness (QED) is 0.651. The first kappa shape index (κ1) is 18.4. The van der Waals surface area contributed by atoms with Crippen molar-refractivity contribution in [2.75, 3.05) is 12.4 Å². The summed E-state index contributed by atoms with van der Waals surface area (Å²) in [7, 11) is 1.69. The van der Waals surface area contributed by atoms with E-state index in [0.717, 1.165) is 17.9 Å². The van der Waals surface area contributed by atoms with Gasteiger partial charge in [-0.2, -0.15) is 0 Å². The van der Waals surface area contributed by atoms with Crippen LogP contribution in [0.5, 0.6) is 5.75 Å². The van der Waals surface area contributed by atoms with E-state index in [9.17, 15) is 0 Å². The number of ether oxygens (including phenoxy) is 1. The lowest BCUT2D eigenvalue weighted by atomic mass is 9.88. The van der Waals surface area contributed by atoms with E-state index in [4.69, 9.17) is 4.74 Å². The highest BCUT2D eigenvalue weighted by Gasteiger charge is 2.13. The molecule has 0 aliphatic rings. The minimum atomic E-state index is 0.282.